The molecule has 0 saturated heterocycles. The van der Waals surface area contributed by atoms with E-state index in [4.69, 9.17) is 0 Å². The van der Waals surface area contributed by atoms with Crippen LogP contribution in [-0.4, -0.2) is 19.2 Å². The molecule has 4 nitrogen and oxygen atoms in total. The molecular weight excluding hydrogens is 306 g/mol. The molecule has 2 unspecified atom stereocenters. The van der Waals surface area contributed by atoms with Crippen LogP contribution in [0, 0.1) is 6.92 Å². The number of nitrogens with one attached hydrogen (secondary N) is 1. The Morgan fingerprint density at radius 2 is 2.09 bits per heavy atom. The summed E-state index contributed by atoms with van der Waals surface area (Å²) >= 11 is 0. The van der Waals surface area contributed by atoms with E-state index in [0.717, 1.165) is 42.4 Å². The molecule has 4 rings (SSSR count). The highest BCUT2D eigenvalue weighted by atomic mass is 32.2. The molecule has 0 radical (unpaired) electrons. The lowest BCUT2D eigenvalue weighted by atomic mass is 10.0. The van der Waals surface area contributed by atoms with Crippen molar-refractivity contribution in [2.45, 2.75) is 43.0 Å². The first-order valence-corrected chi connectivity index (χ1v) is 9.25. The van der Waals surface area contributed by atoms with Crippen LogP contribution in [0.5, 0.6) is 0 Å². The Morgan fingerprint density at radius 1 is 1.22 bits per heavy atom. The molecule has 5 heteroatoms. The first kappa shape index (κ1) is 14.6. The largest absolute Gasteiger partial charge is 0.331 e. The zero-order valence-electron chi connectivity index (χ0n) is 13.1. The van der Waals surface area contributed by atoms with Gasteiger partial charge in [-0.25, -0.2) is 4.98 Å². The Bertz CT molecular complexity index is 854. The van der Waals surface area contributed by atoms with Gasteiger partial charge in [-0.2, -0.15) is 0 Å². The van der Waals surface area contributed by atoms with Gasteiger partial charge < -0.3 is 4.98 Å². The van der Waals surface area contributed by atoms with Crippen molar-refractivity contribution in [3.05, 3.63) is 53.3 Å². The van der Waals surface area contributed by atoms with E-state index in [-0.39, 0.29) is 5.25 Å². The van der Waals surface area contributed by atoms with Crippen LogP contribution in [0.3, 0.4) is 0 Å². The molecule has 2 heterocycles. The number of H-pyrrole nitrogens is 1. The Balaban J connectivity index is 1.77. The molecule has 3 aromatic rings. The number of rotatable bonds is 2. The van der Waals surface area contributed by atoms with Crippen molar-refractivity contribution in [1.82, 2.24) is 15.0 Å². The van der Waals surface area contributed by atoms with E-state index in [1.54, 1.807) is 0 Å². The Kier molecular flexibility index (Phi) is 3.73. The van der Waals surface area contributed by atoms with Crippen LogP contribution in [0.1, 0.15) is 41.3 Å². The van der Waals surface area contributed by atoms with Crippen molar-refractivity contribution in [2.75, 3.05) is 0 Å². The number of hydrogen-bond donors (Lipinski definition) is 1. The molecule has 0 bridgehead atoms. The van der Waals surface area contributed by atoms with Crippen LogP contribution >= 0.6 is 0 Å². The fourth-order valence-electron chi connectivity index (χ4n) is 3.35. The van der Waals surface area contributed by atoms with E-state index >= 15 is 0 Å². The molecular formula is C18H19N3OS. The number of benzene rings is 1. The number of hydrogen-bond acceptors (Lipinski definition) is 3. The standard InChI is InChI=1S/C18H19N3OS/c1-12-10-11-19-17-13(12)6-2-5-9-16(17)23(22)18-20-14-7-3-4-8-15(14)21-18/h3-4,7-8,10-11,16H,2,5-6,9H2,1H3,(H,20,21). The van der Waals surface area contributed by atoms with E-state index in [2.05, 4.69) is 21.9 Å². The lowest BCUT2D eigenvalue weighted by Gasteiger charge is -2.16. The second-order valence-corrected chi connectivity index (χ2v) is 7.63. The predicted molar refractivity (Wildman–Crippen MR) is 91.8 cm³/mol. The smallest absolute Gasteiger partial charge is 0.198 e. The van der Waals surface area contributed by atoms with Crippen molar-refractivity contribution in [3.8, 4) is 0 Å². The maximum Gasteiger partial charge on any atom is 0.198 e. The summed E-state index contributed by atoms with van der Waals surface area (Å²) in [6, 6.07) is 9.86. The second-order valence-electron chi connectivity index (χ2n) is 6.08. The topological polar surface area (TPSA) is 58.6 Å². The molecule has 23 heavy (non-hydrogen) atoms. The van der Waals surface area contributed by atoms with Crippen molar-refractivity contribution in [1.29, 1.82) is 0 Å². The van der Waals surface area contributed by atoms with Crippen LogP contribution in [0.4, 0.5) is 0 Å². The number of pyridine rings is 1. The lowest BCUT2D eigenvalue weighted by Crippen LogP contribution is -2.11. The molecule has 0 amide bonds. The Morgan fingerprint density at radius 3 is 2.96 bits per heavy atom. The molecule has 1 N–H and O–H groups in total. The molecule has 1 aromatic carbocycles. The normalized spacial score (nSPS) is 19.3. The molecule has 0 fully saturated rings. The molecule has 118 valence electrons. The van der Waals surface area contributed by atoms with E-state index in [1.165, 1.54) is 11.1 Å². The van der Waals surface area contributed by atoms with Crippen LogP contribution in [0.25, 0.3) is 11.0 Å². The minimum Gasteiger partial charge on any atom is -0.331 e. The summed E-state index contributed by atoms with van der Waals surface area (Å²) in [5, 5.41) is 0.486. The molecule has 1 aliphatic carbocycles. The summed E-state index contributed by atoms with van der Waals surface area (Å²) < 4.78 is 13.2. The maximum absolute atomic E-state index is 13.2. The van der Waals surface area contributed by atoms with Crippen LogP contribution in [0.15, 0.2) is 41.7 Å². The highest BCUT2D eigenvalue weighted by Gasteiger charge is 2.28. The van der Waals surface area contributed by atoms with Crippen LogP contribution in [-0.2, 0) is 17.2 Å². The highest BCUT2D eigenvalue weighted by molar-refractivity contribution is 7.85. The average molecular weight is 325 g/mol. The molecule has 2 atom stereocenters. The third-order valence-corrected chi connectivity index (χ3v) is 6.14. The van der Waals surface area contributed by atoms with Gasteiger partial charge in [-0.05, 0) is 55.5 Å². The average Bonchev–Trinajstić information content (AvgIpc) is 2.88. The van der Waals surface area contributed by atoms with Gasteiger partial charge in [-0.1, -0.05) is 18.6 Å². The zero-order valence-corrected chi connectivity index (χ0v) is 13.9. The number of aromatic nitrogens is 3. The molecule has 0 aliphatic heterocycles. The Hall–Kier alpha value is -2.01. The Labute approximate surface area is 137 Å². The summed E-state index contributed by atoms with van der Waals surface area (Å²) in [6.45, 7) is 2.12. The third kappa shape index (κ3) is 2.59. The van der Waals surface area contributed by atoms with Gasteiger partial charge in [0, 0.05) is 6.20 Å². The van der Waals surface area contributed by atoms with Crippen molar-refractivity contribution >= 4 is 21.8 Å². The number of fused-ring (bicyclic) bond motifs is 2. The summed E-state index contributed by atoms with van der Waals surface area (Å²) in [5.41, 5.74) is 5.33. The first-order chi connectivity index (χ1) is 11.2. The fraction of sp³-hybridized carbons (Fsp3) is 0.333. The minimum atomic E-state index is -1.21. The van der Waals surface area contributed by atoms with Crippen molar-refractivity contribution in [2.24, 2.45) is 0 Å². The monoisotopic (exact) mass is 325 g/mol. The van der Waals surface area contributed by atoms with Crippen LogP contribution in [0.2, 0.25) is 0 Å². The molecule has 2 aromatic heterocycles. The fourth-order valence-corrected chi connectivity index (χ4v) is 4.80. The number of nitrogens with zero attached hydrogens (tertiary/aromatic N) is 2. The van der Waals surface area contributed by atoms with Gasteiger partial charge in [0.05, 0.1) is 32.8 Å². The van der Waals surface area contributed by atoms with E-state index < -0.39 is 10.8 Å². The maximum atomic E-state index is 13.2. The number of imidazole rings is 1. The highest BCUT2D eigenvalue weighted by Crippen LogP contribution is 2.35. The molecule has 0 saturated carbocycles. The van der Waals surface area contributed by atoms with Gasteiger partial charge in [0.15, 0.2) is 5.16 Å². The third-order valence-electron chi connectivity index (χ3n) is 4.59. The number of aromatic amines is 1. The molecule has 1 aliphatic rings. The van der Waals surface area contributed by atoms with Crippen LogP contribution < -0.4 is 0 Å². The van der Waals surface area contributed by atoms with Gasteiger partial charge in [-0.3, -0.25) is 9.19 Å². The minimum absolute atomic E-state index is 0.0760. The van der Waals surface area contributed by atoms with E-state index in [9.17, 15) is 4.21 Å². The van der Waals surface area contributed by atoms with E-state index in [1.807, 2.05) is 36.5 Å². The van der Waals surface area contributed by atoms with Gasteiger partial charge in [0.1, 0.15) is 0 Å². The quantitative estimate of drug-likeness (QED) is 0.728. The molecule has 0 spiro atoms. The van der Waals surface area contributed by atoms with Crippen molar-refractivity contribution < 1.29 is 4.21 Å². The summed E-state index contributed by atoms with van der Waals surface area (Å²) in [7, 11) is -1.21. The van der Waals surface area contributed by atoms with Crippen molar-refractivity contribution in [3.63, 3.8) is 0 Å². The summed E-state index contributed by atoms with van der Waals surface area (Å²) in [6.07, 6.45) is 5.97. The van der Waals surface area contributed by atoms with Gasteiger partial charge in [-0.15, -0.1) is 0 Å². The first-order valence-electron chi connectivity index (χ1n) is 8.04. The lowest BCUT2D eigenvalue weighted by molar-refractivity contribution is 0.642. The number of aryl methyl sites for hydroxylation is 1. The number of para-hydroxylation sites is 2. The van der Waals surface area contributed by atoms with Gasteiger partial charge in [0.2, 0.25) is 0 Å². The SMILES string of the molecule is Cc1ccnc2c1CCCCC2S(=O)c1nc2ccccc2[nH]1. The summed E-state index contributed by atoms with van der Waals surface area (Å²) in [4.78, 5) is 12.3. The summed E-state index contributed by atoms with van der Waals surface area (Å²) in [5.74, 6) is 0. The zero-order chi connectivity index (χ0) is 15.8. The predicted octanol–water partition coefficient (Wildman–Crippen LogP) is 3.84. The second kappa shape index (κ2) is 5.89. The van der Waals surface area contributed by atoms with Gasteiger partial charge in [0.25, 0.3) is 0 Å². The van der Waals surface area contributed by atoms with Gasteiger partial charge >= 0.3 is 0 Å². The van der Waals surface area contributed by atoms with E-state index in [0.29, 0.717) is 5.16 Å².